The maximum absolute atomic E-state index is 13.1. The molecule has 3 N–H and O–H groups in total. The molecule has 0 aromatic heterocycles. The summed E-state index contributed by atoms with van der Waals surface area (Å²) in [5, 5.41) is 14.2. The highest BCUT2D eigenvalue weighted by Gasteiger charge is 2.28. The van der Waals surface area contributed by atoms with Crippen molar-refractivity contribution in [2.75, 3.05) is 40.9 Å². The SMILES string of the molecule is CC/C=C\C/C=C\C/C=C\C/C=C\C/C=C\C/C=C\C/C=C\C/C=C\C/C=C\C/C=C\CCCCCCCCCCCCC(=O)NC(COP(=O)(O)OCC[N+](C)(C)C)C(O)CCCCCCCCCCCCCCCCCCCCCCCCCCCCC. The van der Waals surface area contributed by atoms with Gasteiger partial charge >= 0.3 is 7.82 Å². The van der Waals surface area contributed by atoms with Gasteiger partial charge in [-0.25, -0.2) is 4.57 Å². The molecule has 0 aromatic rings. The first-order chi connectivity index (χ1) is 44.0. The molecule has 0 spiro atoms. The molecule has 3 atom stereocenters. The Kier molecular flexibility index (Phi) is 67.8. The Morgan fingerprint density at radius 1 is 0.389 bits per heavy atom. The number of amides is 1. The number of likely N-dealkylation sites (N-methyl/N-ethyl adjacent to an activating group) is 1. The summed E-state index contributed by atoms with van der Waals surface area (Å²) in [6.07, 6.45) is 105. The Morgan fingerprint density at radius 2 is 0.667 bits per heavy atom. The number of nitrogens with zero attached hydrogens (tertiary/aromatic N) is 1. The summed E-state index contributed by atoms with van der Waals surface area (Å²) >= 11 is 0. The Morgan fingerprint density at radius 3 is 0.978 bits per heavy atom. The molecular formula is C81H146N2O6P+. The van der Waals surface area contributed by atoms with E-state index in [0.29, 0.717) is 23.9 Å². The predicted molar refractivity (Wildman–Crippen MR) is 396 cm³/mol. The third-order valence-corrected chi connectivity index (χ3v) is 17.7. The molecule has 1 amide bonds. The van der Waals surface area contributed by atoms with Crippen LogP contribution < -0.4 is 5.32 Å². The largest absolute Gasteiger partial charge is 0.472 e. The number of carbonyl (C=O) groups is 1. The lowest BCUT2D eigenvalue weighted by Gasteiger charge is -2.26. The standard InChI is InChI=1S/C81H145N2O6P/c1-6-8-10-12-14-16-18-20-22-24-26-28-30-32-34-35-36-37-38-39-40-41-42-43-44-45-46-47-49-51-53-55-57-59-61-63-65-67-69-71-73-75-81(85)82-79(78-89-90(86,87)88-77-76-83(3,4)5)80(84)74-72-70-68-66-64-62-60-58-56-54-52-50-48-33-31-29-27-25-23-21-19-17-15-13-11-9-7-2/h8,10,14,16,20,22,26,28,32,34,36-37,39-40,42-43,45-46,49,51,79-80,84H,6-7,9,11-13,15,17-19,21,23-25,27,29-31,33,35,38,41,44,47-48,50,52-78H2,1-5H3,(H-,82,85,86,87)/p+1/b10-8-,16-14-,22-20-,28-26-,34-32-,37-36-,40-39-,43-42-,46-45-,51-49-. The van der Waals surface area contributed by atoms with E-state index < -0.39 is 20.0 Å². The van der Waals surface area contributed by atoms with Gasteiger partial charge in [-0.15, -0.1) is 0 Å². The highest BCUT2D eigenvalue weighted by molar-refractivity contribution is 7.47. The van der Waals surface area contributed by atoms with Gasteiger partial charge < -0.3 is 19.8 Å². The molecule has 0 bridgehead atoms. The van der Waals surface area contributed by atoms with E-state index in [1.807, 2.05) is 21.1 Å². The van der Waals surface area contributed by atoms with Gasteiger partial charge in [-0.1, -0.05) is 360 Å². The number of allylic oxidation sites excluding steroid dienone is 20. The van der Waals surface area contributed by atoms with E-state index in [4.69, 9.17) is 9.05 Å². The van der Waals surface area contributed by atoms with E-state index in [1.54, 1.807) is 0 Å². The van der Waals surface area contributed by atoms with Crippen LogP contribution in [0.4, 0.5) is 0 Å². The molecule has 0 heterocycles. The van der Waals surface area contributed by atoms with Crippen molar-refractivity contribution in [1.82, 2.24) is 5.32 Å². The van der Waals surface area contributed by atoms with Crippen molar-refractivity contribution in [3.8, 4) is 0 Å². The molecule has 0 rings (SSSR count). The monoisotopic (exact) mass is 1270 g/mol. The third kappa shape index (κ3) is 72.3. The van der Waals surface area contributed by atoms with Crippen molar-refractivity contribution in [3.63, 3.8) is 0 Å². The Balaban J connectivity index is 4.05. The van der Waals surface area contributed by atoms with Crippen molar-refractivity contribution in [1.29, 1.82) is 0 Å². The maximum atomic E-state index is 13.1. The lowest BCUT2D eigenvalue weighted by molar-refractivity contribution is -0.870. The molecular weight excluding hydrogens is 1130 g/mol. The zero-order valence-electron chi connectivity index (χ0n) is 59.6. The summed E-state index contributed by atoms with van der Waals surface area (Å²) in [5.74, 6) is -0.149. The number of aliphatic hydroxyl groups excluding tert-OH is 1. The second-order valence-electron chi connectivity index (χ2n) is 26.7. The molecule has 9 heteroatoms. The summed E-state index contributed by atoms with van der Waals surface area (Å²) in [4.78, 5) is 23.5. The van der Waals surface area contributed by atoms with E-state index in [2.05, 4.69) is 141 Å². The van der Waals surface area contributed by atoms with Gasteiger partial charge in [0, 0.05) is 6.42 Å². The fourth-order valence-electron chi connectivity index (χ4n) is 10.9. The van der Waals surface area contributed by atoms with Crippen LogP contribution in [0.15, 0.2) is 122 Å². The normalized spacial score (nSPS) is 14.3. The molecule has 520 valence electrons. The molecule has 3 unspecified atom stereocenters. The first-order valence-electron chi connectivity index (χ1n) is 37.9. The van der Waals surface area contributed by atoms with Gasteiger partial charge in [0.2, 0.25) is 5.91 Å². The number of quaternary nitrogens is 1. The number of carbonyl (C=O) groups excluding carboxylic acids is 1. The Labute approximate surface area is 558 Å². The molecule has 0 radical (unpaired) electrons. The van der Waals surface area contributed by atoms with Gasteiger partial charge in [0.15, 0.2) is 0 Å². The minimum atomic E-state index is -4.34. The van der Waals surface area contributed by atoms with Crippen molar-refractivity contribution in [2.45, 2.75) is 347 Å². The highest BCUT2D eigenvalue weighted by atomic mass is 31.2. The lowest BCUT2D eigenvalue weighted by Crippen LogP contribution is -2.46. The molecule has 0 aliphatic carbocycles. The zero-order chi connectivity index (χ0) is 65.5. The minimum absolute atomic E-state index is 0.0697. The molecule has 0 saturated carbocycles. The van der Waals surface area contributed by atoms with Crippen LogP contribution >= 0.6 is 7.82 Å². The van der Waals surface area contributed by atoms with Crippen molar-refractivity contribution < 1.29 is 32.9 Å². The smallest absolute Gasteiger partial charge is 0.391 e. The average Bonchev–Trinajstić information content (AvgIpc) is 3.09. The Hall–Kier alpha value is -3.10. The van der Waals surface area contributed by atoms with Crippen molar-refractivity contribution in [2.24, 2.45) is 0 Å². The molecule has 0 aromatic carbocycles. The van der Waals surface area contributed by atoms with Crippen LogP contribution in [0, 0.1) is 0 Å². The summed E-state index contributed by atoms with van der Waals surface area (Å²) in [6.45, 7) is 4.80. The molecule has 0 saturated heterocycles. The van der Waals surface area contributed by atoms with Gasteiger partial charge in [0.25, 0.3) is 0 Å². The van der Waals surface area contributed by atoms with E-state index in [0.717, 1.165) is 109 Å². The Bertz CT molecular complexity index is 1890. The average molecular weight is 1280 g/mol. The summed E-state index contributed by atoms with van der Waals surface area (Å²) in [5.41, 5.74) is 0. The fourth-order valence-corrected chi connectivity index (χ4v) is 11.6. The van der Waals surface area contributed by atoms with E-state index in [-0.39, 0.29) is 19.1 Å². The predicted octanol–water partition coefficient (Wildman–Crippen LogP) is 24.8. The summed E-state index contributed by atoms with van der Waals surface area (Å²) < 4.78 is 23.9. The van der Waals surface area contributed by atoms with E-state index >= 15 is 0 Å². The lowest BCUT2D eigenvalue weighted by atomic mass is 10.0. The number of phosphoric ester groups is 1. The van der Waals surface area contributed by atoms with Gasteiger partial charge in [-0.2, -0.15) is 0 Å². The maximum Gasteiger partial charge on any atom is 0.472 e. The van der Waals surface area contributed by atoms with Crippen LogP contribution in [0.3, 0.4) is 0 Å². The van der Waals surface area contributed by atoms with Crippen LogP contribution in [-0.4, -0.2) is 73.4 Å². The van der Waals surface area contributed by atoms with Crippen molar-refractivity contribution >= 4 is 13.7 Å². The van der Waals surface area contributed by atoms with Crippen LogP contribution in [0.5, 0.6) is 0 Å². The quantitative estimate of drug-likeness (QED) is 0.0243. The first kappa shape index (κ1) is 86.9. The van der Waals surface area contributed by atoms with Crippen molar-refractivity contribution in [3.05, 3.63) is 122 Å². The van der Waals surface area contributed by atoms with E-state index in [9.17, 15) is 19.4 Å². The number of aliphatic hydroxyl groups is 1. The summed E-state index contributed by atoms with van der Waals surface area (Å²) in [7, 11) is 1.61. The third-order valence-electron chi connectivity index (χ3n) is 16.7. The van der Waals surface area contributed by atoms with Crippen LogP contribution in [0.25, 0.3) is 0 Å². The van der Waals surface area contributed by atoms with Gasteiger partial charge in [0.1, 0.15) is 13.2 Å². The van der Waals surface area contributed by atoms with Crippen LogP contribution in [0.2, 0.25) is 0 Å². The van der Waals surface area contributed by atoms with Crippen LogP contribution in [-0.2, 0) is 18.4 Å². The number of hydrogen-bond acceptors (Lipinski definition) is 5. The zero-order valence-corrected chi connectivity index (χ0v) is 60.5. The first-order valence-corrected chi connectivity index (χ1v) is 39.4. The topological polar surface area (TPSA) is 105 Å². The molecule has 0 fully saturated rings. The highest BCUT2D eigenvalue weighted by Crippen LogP contribution is 2.43. The van der Waals surface area contributed by atoms with Gasteiger partial charge in [-0.05, 0) is 89.9 Å². The van der Waals surface area contributed by atoms with Gasteiger partial charge in [-0.3, -0.25) is 13.8 Å². The second kappa shape index (κ2) is 70.2. The fraction of sp³-hybridized carbons (Fsp3) is 0.741. The molecule has 0 aliphatic heterocycles. The number of phosphoric acid groups is 1. The number of rotatable bonds is 69. The number of nitrogens with one attached hydrogen (secondary N) is 1. The number of hydrogen-bond donors (Lipinski definition) is 3. The summed E-state index contributed by atoms with van der Waals surface area (Å²) in [6, 6.07) is -0.773. The molecule has 0 aliphatic rings. The van der Waals surface area contributed by atoms with E-state index in [1.165, 1.54) is 199 Å². The molecule has 90 heavy (non-hydrogen) atoms. The number of unbranched alkanes of at least 4 members (excludes halogenated alkanes) is 36. The van der Waals surface area contributed by atoms with Crippen LogP contribution in [0.1, 0.15) is 335 Å². The minimum Gasteiger partial charge on any atom is -0.391 e. The molecule has 8 nitrogen and oxygen atoms in total. The second-order valence-corrected chi connectivity index (χ2v) is 28.1. The van der Waals surface area contributed by atoms with Gasteiger partial charge in [0.05, 0.1) is 39.9 Å².